The van der Waals surface area contributed by atoms with Crippen molar-refractivity contribution in [2.45, 2.75) is 46.1 Å². The van der Waals surface area contributed by atoms with Crippen LogP contribution in [-0.4, -0.2) is 35.1 Å². The van der Waals surface area contributed by atoms with E-state index < -0.39 is 11.4 Å². The first kappa shape index (κ1) is 10.9. The second-order valence-corrected chi connectivity index (χ2v) is 6.13. The molecule has 1 aliphatic heterocycles. The molecular weight excluding hydrogens is 190 g/mol. The van der Waals surface area contributed by atoms with E-state index in [1.165, 1.54) is 12.8 Å². The maximum atomic E-state index is 11.1. The summed E-state index contributed by atoms with van der Waals surface area (Å²) in [6.07, 6.45) is 3.32. The molecule has 0 aromatic rings. The number of carbonyl (C=O) groups is 1. The summed E-state index contributed by atoms with van der Waals surface area (Å²) < 4.78 is 0. The van der Waals surface area contributed by atoms with Gasteiger partial charge in [0.25, 0.3) is 0 Å². The third-order valence-electron chi connectivity index (χ3n) is 4.42. The van der Waals surface area contributed by atoms with Crippen LogP contribution in [0.4, 0.5) is 0 Å². The molecule has 0 amide bonds. The first-order valence-electron chi connectivity index (χ1n) is 5.83. The summed E-state index contributed by atoms with van der Waals surface area (Å²) in [6, 6.07) is 0.610. The molecule has 1 saturated carbocycles. The SMILES string of the molecule is CC1(C(=O)O)CCN(C2CCC2(C)C)C1. The van der Waals surface area contributed by atoms with E-state index >= 15 is 0 Å². The van der Waals surface area contributed by atoms with Gasteiger partial charge < -0.3 is 5.11 Å². The third kappa shape index (κ3) is 1.67. The number of likely N-dealkylation sites (tertiary alicyclic amines) is 1. The van der Waals surface area contributed by atoms with Gasteiger partial charge in [0.2, 0.25) is 0 Å². The normalized spacial score (nSPS) is 40.1. The van der Waals surface area contributed by atoms with E-state index in [-0.39, 0.29) is 0 Å². The van der Waals surface area contributed by atoms with Crippen LogP contribution in [0.2, 0.25) is 0 Å². The van der Waals surface area contributed by atoms with E-state index in [2.05, 4.69) is 18.7 Å². The van der Waals surface area contributed by atoms with E-state index in [1.54, 1.807) is 0 Å². The Morgan fingerprint density at radius 3 is 2.33 bits per heavy atom. The lowest BCUT2D eigenvalue weighted by Crippen LogP contribution is -2.52. The van der Waals surface area contributed by atoms with Crippen molar-refractivity contribution in [3.05, 3.63) is 0 Å². The highest BCUT2D eigenvalue weighted by atomic mass is 16.4. The molecule has 2 unspecified atom stereocenters. The molecular formula is C12H21NO2. The van der Waals surface area contributed by atoms with Crippen molar-refractivity contribution in [1.82, 2.24) is 4.90 Å². The molecule has 2 fully saturated rings. The Morgan fingerprint density at radius 2 is 2.00 bits per heavy atom. The van der Waals surface area contributed by atoms with E-state index in [9.17, 15) is 4.79 Å². The Bertz CT molecular complexity index is 287. The highest BCUT2D eigenvalue weighted by Crippen LogP contribution is 2.46. The molecule has 1 saturated heterocycles. The van der Waals surface area contributed by atoms with Gasteiger partial charge in [-0.3, -0.25) is 9.69 Å². The van der Waals surface area contributed by atoms with Crippen LogP contribution in [0.3, 0.4) is 0 Å². The van der Waals surface area contributed by atoms with Gasteiger partial charge >= 0.3 is 5.97 Å². The highest BCUT2D eigenvalue weighted by molar-refractivity contribution is 5.74. The fraction of sp³-hybridized carbons (Fsp3) is 0.917. The molecule has 2 rings (SSSR count). The molecule has 2 atom stereocenters. The summed E-state index contributed by atoms with van der Waals surface area (Å²) >= 11 is 0. The van der Waals surface area contributed by atoms with Crippen LogP contribution in [0, 0.1) is 10.8 Å². The monoisotopic (exact) mass is 211 g/mol. The minimum atomic E-state index is -0.637. The highest BCUT2D eigenvalue weighted by Gasteiger charge is 2.48. The average Bonchev–Trinajstić information content (AvgIpc) is 2.48. The van der Waals surface area contributed by atoms with Crippen molar-refractivity contribution >= 4 is 5.97 Å². The van der Waals surface area contributed by atoms with Gasteiger partial charge in [-0.25, -0.2) is 0 Å². The minimum Gasteiger partial charge on any atom is -0.481 e. The molecule has 0 bridgehead atoms. The van der Waals surface area contributed by atoms with Gasteiger partial charge in [-0.1, -0.05) is 13.8 Å². The number of hydrogen-bond donors (Lipinski definition) is 1. The summed E-state index contributed by atoms with van der Waals surface area (Å²) in [5.41, 5.74) is -0.116. The lowest BCUT2D eigenvalue weighted by Gasteiger charge is -2.49. The smallest absolute Gasteiger partial charge is 0.310 e. The second-order valence-electron chi connectivity index (χ2n) is 6.13. The topological polar surface area (TPSA) is 40.5 Å². The third-order valence-corrected chi connectivity index (χ3v) is 4.42. The number of aliphatic carboxylic acids is 1. The van der Waals surface area contributed by atoms with Crippen molar-refractivity contribution < 1.29 is 9.90 Å². The van der Waals surface area contributed by atoms with Crippen LogP contribution in [0.25, 0.3) is 0 Å². The summed E-state index contributed by atoms with van der Waals surface area (Å²) in [4.78, 5) is 13.5. The summed E-state index contributed by atoms with van der Waals surface area (Å²) in [5.74, 6) is -0.637. The minimum absolute atomic E-state index is 0.393. The predicted molar refractivity (Wildman–Crippen MR) is 58.7 cm³/mol. The number of carboxylic acid groups (broad SMARTS) is 1. The zero-order chi connectivity index (χ0) is 11.3. The van der Waals surface area contributed by atoms with Crippen molar-refractivity contribution in [2.24, 2.45) is 10.8 Å². The quantitative estimate of drug-likeness (QED) is 0.759. The van der Waals surface area contributed by atoms with Crippen LogP contribution in [-0.2, 0) is 4.79 Å². The zero-order valence-corrected chi connectivity index (χ0v) is 9.92. The maximum absolute atomic E-state index is 11.1. The van der Waals surface area contributed by atoms with Crippen LogP contribution >= 0.6 is 0 Å². The molecule has 86 valence electrons. The first-order valence-corrected chi connectivity index (χ1v) is 5.83. The van der Waals surface area contributed by atoms with E-state index in [1.807, 2.05) is 6.92 Å². The Labute approximate surface area is 91.5 Å². The van der Waals surface area contributed by atoms with Gasteiger partial charge in [-0.15, -0.1) is 0 Å². The standard InChI is InChI=1S/C12H21NO2/c1-11(2)5-4-9(11)13-7-6-12(3,8-13)10(14)15/h9H,4-8H2,1-3H3,(H,14,15). The molecule has 0 radical (unpaired) electrons. The van der Waals surface area contributed by atoms with Crippen molar-refractivity contribution in [1.29, 1.82) is 0 Å². The molecule has 0 aromatic heterocycles. The summed E-state index contributed by atoms with van der Waals surface area (Å²) in [5, 5.41) is 9.17. The van der Waals surface area contributed by atoms with Gasteiger partial charge in [0, 0.05) is 12.6 Å². The Morgan fingerprint density at radius 1 is 1.33 bits per heavy atom. The molecule has 1 heterocycles. The fourth-order valence-corrected chi connectivity index (χ4v) is 2.96. The molecule has 1 N–H and O–H groups in total. The molecule has 3 nitrogen and oxygen atoms in total. The Balaban J connectivity index is 2.02. The van der Waals surface area contributed by atoms with Crippen molar-refractivity contribution in [2.75, 3.05) is 13.1 Å². The van der Waals surface area contributed by atoms with E-state index in [0.717, 1.165) is 19.5 Å². The Hall–Kier alpha value is -0.570. The van der Waals surface area contributed by atoms with Gasteiger partial charge in [0.15, 0.2) is 0 Å². The van der Waals surface area contributed by atoms with Crippen LogP contribution < -0.4 is 0 Å². The van der Waals surface area contributed by atoms with Gasteiger partial charge in [0.1, 0.15) is 0 Å². The molecule has 3 heteroatoms. The number of hydrogen-bond acceptors (Lipinski definition) is 2. The predicted octanol–water partition coefficient (Wildman–Crippen LogP) is 1.97. The number of carboxylic acids is 1. The van der Waals surface area contributed by atoms with Crippen LogP contribution in [0.1, 0.15) is 40.0 Å². The largest absolute Gasteiger partial charge is 0.481 e. The fourth-order valence-electron chi connectivity index (χ4n) is 2.96. The van der Waals surface area contributed by atoms with Crippen LogP contribution in [0.5, 0.6) is 0 Å². The van der Waals surface area contributed by atoms with E-state index in [4.69, 9.17) is 5.11 Å². The summed E-state index contributed by atoms with van der Waals surface area (Å²) in [7, 11) is 0. The molecule has 2 aliphatic rings. The van der Waals surface area contributed by atoms with Gasteiger partial charge in [-0.05, 0) is 38.1 Å². The molecule has 0 aromatic carbocycles. The van der Waals surface area contributed by atoms with E-state index in [0.29, 0.717) is 11.5 Å². The average molecular weight is 211 g/mol. The van der Waals surface area contributed by atoms with Gasteiger partial charge in [0.05, 0.1) is 5.41 Å². The number of nitrogens with zero attached hydrogens (tertiary/aromatic N) is 1. The number of rotatable bonds is 2. The maximum Gasteiger partial charge on any atom is 0.310 e. The van der Waals surface area contributed by atoms with Crippen molar-refractivity contribution in [3.8, 4) is 0 Å². The summed E-state index contributed by atoms with van der Waals surface area (Å²) in [6.45, 7) is 8.14. The zero-order valence-electron chi connectivity index (χ0n) is 9.92. The lowest BCUT2D eigenvalue weighted by atomic mass is 9.66. The van der Waals surface area contributed by atoms with Crippen LogP contribution in [0.15, 0.2) is 0 Å². The van der Waals surface area contributed by atoms with Gasteiger partial charge in [-0.2, -0.15) is 0 Å². The molecule has 15 heavy (non-hydrogen) atoms. The lowest BCUT2D eigenvalue weighted by molar-refractivity contribution is -0.147. The second kappa shape index (κ2) is 3.21. The van der Waals surface area contributed by atoms with Crippen molar-refractivity contribution in [3.63, 3.8) is 0 Å². The molecule has 1 aliphatic carbocycles. The first-order chi connectivity index (χ1) is 6.85. The molecule has 0 spiro atoms. The Kier molecular flexibility index (Phi) is 2.34.